The fourth-order valence-corrected chi connectivity index (χ4v) is 2.34. The molecule has 0 amide bonds. The minimum Gasteiger partial charge on any atom is -0.478 e. The third-order valence-electron chi connectivity index (χ3n) is 3.27. The van der Waals surface area contributed by atoms with Crippen LogP contribution in [-0.4, -0.2) is 26.1 Å². The van der Waals surface area contributed by atoms with Crippen LogP contribution in [0.3, 0.4) is 0 Å². The van der Waals surface area contributed by atoms with Crippen LogP contribution in [0.5, 0.6) is 0 Å². The predicted molar refractivity (Wildman–Crippen MR) is 87.3 cm³/mol. The van der Waals surface area contributed by atoms with Crippen molar-refractivity contribution in [1.29, 1.82) is 0 Å². The highest BCUT2D eigenvalue weighted by molar-refractivity contribution is 6.31. The summed E-state index contributed by atoms with van der Waals surface area (Å²) >= 11 is 5.86. The molecule has 1 aromatic heterocycles. The molecule has 0 atom stereocenters. The summed E-state index contributed by atoms with van der Waals surface area (Å²) in [6.45, 7) is 0.527. The van der Waals surface area contributed by atoms with Crippen LogP contribution in [0.15, 0.2) is 54.7 Å². The fourth-order valence-electron chi connectivity index (χ4n) is 2.17. The van der Waals surface area contributed by atoms with Crippen molar-refractivity contribution in [2.75, 3.05) is 5.32 Å². The Morgan fingerprint density at radius 3 is 2.74 bits per heavy atom. The molecule has 0 saturated heterocycles. The van der Waals surface area contributed by atoms with Crippen LogP contribution in [-0.2, 0) is 6.54 Å². The molecule has 0 aliphatic heterocycles. The van der Waals surface area contributed by atoms with Gasteiger partial charge in [0.15, 0.2) is 0 Å². The summed E-state index contributed by atoms with van der Waals surface area (Å²) in [5.74, 6) is -0.462. The minimum atomic E-state index is -1.06. The highest BCUT2D eigenvalue weighted by atomic mass is 35.5. The van der Waals surface area contributed by atoms with Crippen LogP contribution in [0, 0.1) is 0 Å². The first-order chi connectivity index (χ1) is 11.1. The number of carbonyl (C=O) groups is 1. The lowest BCUT2D eigenvalue weighted by Gasteiger charge is -2.11. The monoisotopic (exact) mass is 328 g/mol. The summed E-state index contributed by atoms with van der Waals surface area (Å²) in [6.07, 6.45) is 1.54. The number of anilines is 2. The molecular formula is C16H13ClN4O2. The average molecular weight is 329 g/mol. The van der Waals surface area contributed by atoms with Crippen molar-refractivity contribution in [2.45, 2.75) is 6.54 Å². The van der Waals surface area contributed by atoms with Gasteiger partial charge >= 0.3 is 5.97 Å². The van der Waals surface area contributed by atoms with Crippen molar-refractivity contribution in [1.82, 2.24) is 15.0 Å². The summed E-state index contributed by atoms with van der Waals surface area (Å²) in [7, 11) is 0. The van der Waals surface area contributed by atoms with Crippen molar-refractivity contribution in [3.05, 3.63) is 70.9 Å². The van der Waals surface area contributed by atoms with Gasteiger partial charge in [0.2, 0.25) is 0 Å². The molecule has 2 N–H and O–H groups in total. The normalized spacial score (nSPS) is 10.5. The average Bonchev–Trinajstić information content (AvgIpc) is 2.97. The zero-order valence-corrected chi connectivity index (χ0v) is 12.7. The molecule has 0 aliphatic rings. The van der Waals surface area contributed by atoms with E-state index in [1.54, 1.807) is 23.0 Å². The highest BCUT2D eigenvalue weighted by Crippen LogP contribution is 2.24. The molecule has 0 saturated carbocycles. The lowest BCUT2D eigenvalue weighted by molar-refractivity contribution is 0.0698. The van der Waals surface area contributed by atoms with Crippen LogP contribution in [0.2, 0.25) is 5.02 Å². The number of nitrogens with zero attached hydrogens (tertiary/aromatic N) is 3. The number of hydrogen-bond donors (Lipinski definition) is 2. The Morgan fingerprint density at radius 2 is 2.00 bits per heavy atom. The number of hydrogen-bond acceptors (Lipinski definition) is 4. The topological polar surface area (TPSA) is 80.0 Å². The summed E-state index contributed by atoms with van der Waals surface area (Å²) in [5.41, 5.74) is 1.58. The van der Waals surface area contributed by atoms with Crippen LogP contribution in [0.25, 0.3) is 0 Å². The van der Waals surface area contributed by atoms with Crippen LogP contribution >= 0.6 is 11.6 Å². The van der Waals surface area contributed by atoms with E-state index >= 15 is 0 Å². The smallest absolute Gasteiger partial charge is 0.337 e. The van der Waals surface area contributed by atoms with Crippen molar-refractivity contribution in [3.63, 3.8) is 0 Å². The molecule has 2 aromatic carbocycles. The molecule has 3 aromatic rings. The SMILES string of the molecule is O=C(O)c1cc(Cl)ccc1Nc1cnnn1Cc1ccccc1. The lowest BCUT2D eigenvalue weighted by Crippen LogP contribution is -2.08. The standard InChI is InChI=1S/C16H13ClN4O2/c17-12-6-7-14(13(8-12)16(22)23)19-15-9-18-20-21(15)10-11-4-2-1-3-5-11/h1-9,19H,10H2,(H,22,23). The molecule has 23 heavy (non-hydrogen) atoms. The largest absolute Gasteiger partial charge is 0.478 e. The quantitative estimate of drug-likeness (QED) is 0.750. The number of aromatic carboxylic acids is 1. The number of aromatic nitrogens is 3. The number of halogens is 1. The van der Waals surface area contributed by atoms with E-state index in [4.69, 9.17) is 11.6 Å². The second-order valence-electron chi connectivity index (χ2n) is 4.88. The Morgan fingerprint density at radius 1 is 1.22 bits per heavy atom. The number of nitrogens with one attached hydrogen (secondary N) is 1. The molecule has 0 unspecified atom stereocenters. The zero-order valence-electron chi connectivity index (χ0n) is 12.0. The molecule has 3 rings (SSSR count). The Balaban J connectivity index is 1.88. The van der Waals surface area contributed by atoms with Crippen LogP contribution in [0.1, 0.15) is 15.9 Å². The van der Waals surface area contributed by atoms with E-state index < -0.39 is 5.97 Å². The summed E-state index contributed by atoms with van der Waals surface area (Å²) in [4.78, 5) is 11.3. The molecule has 0 radical (unpaired) electrons. The molecule has 7 heteroatoms. The molecule has 116 valence electrons. The molecular weight excluding hydrogens is 316 g/mol. The Hall–Kier alpha value is -2.86. The Bertz CT molecular complexity index is 833. The Kier molecular flexibility index (Phi) is 4.25. The number of carboxylic acids is 1. The van der Waals surface area contributed by atoms with Gasteiger partial charge in [0.1, 0.15) is 5.82 Å². The van der Waals surface area contributed by atoms with E-state index in [1.807, 2.05) is 30.3 Å². The maximum Gasteiger partial charge on any atom is 0.337 e. The third-order valence-corrected chi connectivity index (χ3v) is 3.50. The first kappa shape index (κ1) is 15.1. The molecule has 0 spiro atoms. The van der Waals surface area contributed by atoms with E-state index in [0.29, 0.717) is 23.1 Å². The molecule has 0 aliphatic carbocycles. The van der Waals surface area contributed by atoms with Crippen molar-refractivity contribution in [2.24, 2.45) is 0 Å². The highest BCUT2D eigenvalue weighted by Gasteiger charge is 2.13. The maximum atomic E-state index is 11.3. The van der Waals surface area contributed by atoms with Gasteiger partial charge in [0.05, 0.1) is 24.0 Å². The summed E-state index contributed by atoms with van der Waals surface area (Å²) in [5, 5.41) is 20.6. The maximum absolute atomic E-state index is 11.3. The van der Waals surface area contributed by atoms with Gasteiger partial charge < -0.3 is 10.4 Å². The summed E-state index contributed by atoms with van der Waals surface area (Å²) < 4.78 is 1.66. The van der Waals surface area contributed by atoms with Crippen molar-refractivity contribution in [3.8, 4) is 0 Å². The second kappa shape index (κ2) is 6.50. The second-order valence-corrected chi connectivity index (χ2v) is 5.32. The third kappa shape index (κ3) is 3.49. The van der Waals surface area contributed by atoms with Gasteiger partial charge in [-0.2, -0.15) is 0 Å². The molecule has 6 nitrogen and oxygen atoms in total. The lowest BCUT2D eigenvalue weighted by atomic mass is 10.2. The van der Waals surface area contributed by atoms with Gasteiger partial charge in [-0.15, -0.1) is 5.10 Å². The van der Waals surface area contributed by atoms with Gasteiger partial charge in [0.25, 0.3) is 0 Å². The first-order valence-electron chi connectivity index (χ1n) is 6.86. The van der Waals surface area contributed by atoms with Crippen LogP contribution in [0.4, 0.5) is 11.5 Å². The minimum absolute atomic E-state index is 0.0879. The molecule has 1 heterocycles. The predicted octanol–water partition coefficient (Wildman–Crippen LogP) is 3.42. The van der Waals surface area contributed by atoms with Gasteiger partial charge in [-0.05, 0) is 23.8 Å². The van der Waals surface area contributed by atoms with Gasteiger partial charge in [-0.1, -0.05) is 47.1 Å². The van der Waals surface area contributed by atoms with Gasteiger partial charge in [-0.25, -0.2) is 9.48 Å². The molecule has 0 fully saturated rings. The number of rotatable bonds is 5. The first-order valence-corrected chi connectivity index (χ1v) is 7.23. The van der Waals surface area contributed by atoms with E-state index in [2.05, 4.69) is 15.6 Å². The number of benzene rings is 2. The van der Waals surface area contributed by atoms with Crippen LogP contribution < -0.4 is 5.32 Å². The van der Waals surface area contributed by atoms with Crippen molar-refractivity contribution < 1.29 is 9.90 Å². The van der Waals surface area contributed by atoms with Gasteiger partial charge in [-0.3, -0.25) is 0 Å². The van der Waals surface area contributed by atoms with E-state index in [-0.39, 0.29) is 5.56 Å². The van der Waals surface area contributed by atoms with Gasteiger partial charge in [0, 0.05) is 5.02 Å². The summed E-state index contributed by atoms with van der Waals surface area (Å²) in [6, 6.07) is 14.4. The van der Waals surface area contributed by atoms with E-state index in [1.165, 1.54) is 6.07 Å². The Labute approximate surface area is 137 Å². The fraction of sp³-hybridized carbons (Fsp3) is 0.0625. The van der Waals surface area contributed by atoms with E-state index in [0.717, 1.165) is 5.56 Å². The van der Waals surface area contributed by atoms with Crippen molar-refractivity contribution >= 4 is 29.1 Å². The molecule has 0 bridgehead atoms. The number of carboxylic acid groups (broad SMARTS) is 1. The zero-order chi connectivity index (χ0) is 16.2. The van der Waals surface area contributed by atoms with E-state index in [9.17, 15) is 9.90 Å².